The third kappa shape index (κ3) is 2.75. The quantitative estimate of drug-likeness (QED) is 0.833. The topological polar surface area (TPSA) is 46.5 Å². The molecule has 1 N–H and O–H groups in total. The van der Waals surface area contributed by atoms with Crippen LogP contribution in [0.3, 0.4) is 0 Å². The predicted octanol–water partition coefficient (Wildman–Crippen LogP) is 2.97. The van der Waals surface area contributed by atoms with Gasteiger partial charge in [-0.15, -0.1) is 0 Å². The van der Waals surface area contributed by atoms with Crippen molar-refractivity contribution >= 4 is 5.97 Å². The minimum absolute atomic E-state index is 0.422. The van der Waals surface area contributed by atoms with Gasteiger partial charge in [-0.3, -0.25) is 4.79 Å². The summed E-state index contributed by atoms with van der Waals surface area (Å²) in [5, 5.41) is 9.06. The highest BCUT2D eigenvalue weighted by molar-refractivity contribution is 5.76. The van der Waals surface area contributed by atoms with Gasteiger partial charge in [-0.05, 0) is 37.5 Å². The van der Waals surface area contributed by atoms with E-state index in [9.17, 15) is 4.79 Å². The number of carboxylic acids is 1. The largest absolute Gasteiger partial charge is 0.494 e. The van der Waals surface area contributed by atoms with Crippen LogP contribution in [0.15, 0.2) is 18.2 Å². The SMILES string of the molecule is CCOc1ccc(C(CC)C(=O)O)cc1C. The molecule has 1 rings (SSSR count). The Balaban J connectivity index is 2.99. The summed E-state index contributed by atoms with van der Waals surface area (Å²) in [5.41, 5.74) is 1.83. The maximum absolute atomic E-state index is 11.0. The van der Waals surface area contributed by atoms with Crippen LogP contribution in [-0.4, -0.2) is 17.7 Å². The van der Waals surface area contributed by atoms with E-state index in [4.69, 9.17) is 9.84 Å². The minimum atomic E-state index is -0.772. The standard InChI is InChI=1S/C13H18O3/c1-4-11(13(14)15)10-6-7-12(16-5-2)9(3)8-10/h6-8,11H,4-5H2,1-3H3,(H,14,15). The molecule has 0 heterocycles. The van der Waals surface area contributed by atoms with Gasteiger partial charge in [0.05, 0.1) is 12.5 Å². The maximum Gasteiger partial charge on any atom is 0.310 e. The van der Waals surface area contributed by atoms with Crippen LogP contribution < -0.4 is 4.74 Å². The molecular weight excluding hydrogens is 204 g/mol. The number of hydrogen-bond donors (Lipinski definition) is 1. The number of aliphatic carboxylic acids is 1. The smallest absolute Gasteiger partial charge is 0.310 e. The molecular formula is C13H18O3. The number of rotatable bonds is 5. The van der Waals surface area contributed by atoms with Crippen LogP contribution in [0, 0.1) is 6.92 Å². The Bertz CT molecular complexity index is 371. The lowest BCUT2D eigenvalue weighted by Crippen LogP contribution is -2.10. The molecule has 1 atom stereocenters. The Morgan fingerprint density at radius 3 is 2.56 bits per heavy atom. The molecule has 0 radical (unpaired) electrons. The van der Waals surface area contributed by atoms with Gasteiger partial charge in [0.15, 0.2) is 0 Å². The molecule has 16 heavy (non-hydrogen) atoms. The first-order chi connectivity index (χ1) is 7.60. The third-order valence-electron chi connectivity index (χ3n) is 2.61. The Hall–Kier alpha value is -1.51. The molecule has 3 nitrogen and oxygen atoms in total. The van der Waals surface area contributed by atoms with Gasteiger partial charge in [-0.25, -0.2) is 0 Å². The number of carbonyl (C=O) groups is 1. The molecule has 0 aliphatic rings. The zero-order valence-electron chi connectivity index (χ0n) is 9.99. The summed E-state index contributed by atoms with van der Waals surface area (Å²) < 4.78 is 5.42. The zero-order valence-corrected chi connectivity index (χ0v) is 9.99. The van der Waals surface area contributed by atoms with Crippen molar-refractivity contribution in [2.24, 2.45) is 0 Å². The Kier molecular flexibility index (Phi) is 4.35. The van der Waals surface area contributed by atoms with Gasteiger partial charge in [-0.2, -0.15) is 0 Å². The van der Waals surface area contributed by atoms with Gasteiger partial charge < -0.3 is 9.84 Å². The molecule has 0 aliphatic heterocycles. The van der Waals surface area contributed by atoms with Crippen LogP contribution in [0.1, 0.15) is 37.3 Å². The van der Waals surface area contributed by atoms with E-state index < -0.39 is 11.9 Å². The van der Waals surface area contributed by atoms with E-state index in [1.54, 1.807) is 0 Å². The Labute approximate surface area is 96.1 Å². The number of benzene rings is 1. The van der Waals surface area contributed by atoms with Gasteiger partial charge in [-0.1, -0.05) is 19.1 Å². The predicted molar refractivity (Wildman–Crippen MR) is 63.0 cm³/mol. The zero-order chi connectivity index (χ0) is 12.1. The molecule has 0 spiro atoms. The van der Waals surface area contributed by atoms with Crippen LogP contribution in [0.4, 0.5) is 0 Å². The summed E-state index contributed by atoms with van der Waals surface area (Å²) in [7, 11) is 0. The molecule has 0 fully saturated rings. The highest BCUT2D eigenvalue weighted by atomic mass is 16.5. The van der Waals surface area contributed by atoms with Crippen LogP contribution in [0.25, 0.3) is 0 Å². The lowest BCUT2D eigenvalue weighted by molar-refractivity contribution is -0.138. The average Bonchev–Trinajstić information content (AvgIpc) is 2.22. The van der Waals surface area contributed by atoms with Crippen LogP contribution in [0.2, 0.25) is 0 Å². The molecule has 3 heteroatoms. The molecule has 0 bridgehead atoms. The van der Waals surface area contributed by atoms with E-state index in [0.717, 1.165) is 16.9 Å². The summed E-state index contributed by atoms with van der Waals surface area (Å²) in [6, 6.07) is 5.58. The van der Waals surface area contributed by atoms with Crippen molar-refractivity contribution in [2.75, 3.05) is 6.61 Å². The van der Waals surface area contributed by atoms with Gasteiger partial charge in [0, 0.05) is 0 Å². The fourth-order valence-electron chi connectivity index (χ4n) is 1.76. The van der Waals surface area contributed by atoms with Crippen molar-refractivity contribution in [1.29, 1.82) is 0 Å². The molecule has 0 aromatic heterocycles. The van der Waals surface area contributed by atoms with E-state index >= 15 is 0 Å². The lowest BCUT2D eigenvalue weighted by atomic mass is 9.95. The number of hydrogen-bond acceptors (Lipinski definition) is 2. The molecule has 0 saturated heterocycles. The molecule has 1 unspecified atom stereocenters. The highest BCUT2D eigenvalue weighted by Gasteiger charge is 2.18. The summed E-state index contributed by atoms with van der Waals surface area (Å²) in [5.74, 6) is -0.369. The van der Waals surface area contributed by atoms with E-state index in [-0.39, 0.29) is 0 Å². The normalized spacial score (nSPS) is 12.2. The summed E-state index contributed by atoms with van der Waals surface area (Å²) >= 11 is 0. The minimum Gasteiger partial charge on any atom is -0.494 e. The second-order valence-electron chi connectivity index (χ2n) is 3.76. The van der Waals surface area contributed by atoms with Crippen molar-refractivity contribution in [3.8, 4) is 5.75 Å². The second kappa shape index (κ2) is 5.54. The van der Waals surface area contributed by atoms with Gasteiger partial charge in [0.25, 0.3) is 0 Å². The van der Waals surface area contributed by atoms with Crippen LogP contribution in [0.5, 0.6) is 5.75 Å². The first kappa shape index (κ1) is 12.6. The van der Waals surface area contributed by atoms with E-state index in [2.05, 4.69) is 0 Å². The maximum atomic E-state index is 11.0. The fourth-order valence-corrected chi connectivity index (χ4v) is 1.76. The Morgan fingerprint density at radius 1 is 1.44 bits per heavy atom. The van der Waals surface area contributed by atoms with E-state index in [0.29, 0.717) is 13.0 Å². The molecule has 1 aromatic rings. The second-order valence-corrected chi connectivity index (χ2v) is 3.76. The molecule has 0 amide bonds. The monoisotopic (exact) mass is 222 g/mol. The van der Waals surface area contributed by atoms with E-state index in [1.807, 2.05) is 39.0 Å². The fraction of sp³-hybridized carbons (Fsp3) is 0.462. The van der Waals surface area contributed by atoms with Crippen molar-refractivity contribution in [3.05, 3.63) is 29.3 Å². The summed E-state index contributed by atoms with van der Waals surface area (Å²) in [6.07, 6.45) is 0.600. The number of carboxylic acid groups (broad SMARTS) is 1. The lowest BCUT2D eigenvalue weighted by Gasteiger charge is -2.13. The van der Waals surface area contributed by atoms with Crippen molar-refractivity contribution in [1.82, 2.24) is 0 Å². The highest BCUT2D eigenvalue weighted by Crippen LogP contribution is 2.26. The first-order valence-electron chi connectivity index (χ1n) is 5.56. The molecule has 0 saturated carbocycles. The van der Waals surface area contributed by atoms with Gasteiger partial charge in [0.2, 0.25) is 0 Å². The molecule has 1 aromatic carbocycles. The van der Waals surface area contributed by atoms with Crippen molar-refractivity contribution < 1.29 is 14.6 Å². The average molecular weight is 222 g/mol. The van der Waals surface area contributed by atoms with Gasteiger partial charge >= 0.3 is 5.97 Å². The van der Waals surface area contributed by atoms with Gasteiger partial charge in [0.1, 0.15) is 5.75 Å². The van der Waals surface area contributed by atoms with Crippen LogP contribution >= 0.6 is 0 Å². The molecule has 0 aliphatic carbocycles. The van der Waals surface area contributed by atoms with Crippen molar-refractivity contribution in [3.63, 3.8) is 0 Å². The number of aryl methyl sites for hydroxylation is 1. The van der Waals surface area contributed by atoms with E-state index in [1.165, 1.54) is 0 Å². The van der Waals surface area contributed by atoms with Crippen molar-refractivity contribution in [2.45, 2.75) is 33.1 Å². The number of ether oxygens (including phenoxy) is 1. The first-order valence-corrected chi connectivity index (χ1v) is 5.56. The third-order valence-corrected chi connectivity index (χ3v) is 2.61. The molecule has 88 valence electrons. The van der Waals surface area contributed by atoms with Crippen LogP contribution in [-0.2, 0) is 4.79 Å². The Morgan fingerprint density at radius 2 is 2.12 bits per heavy atom. The summed E-state index contributed by atoms with van der Waals surface area (Å²) in [6.45, 7) is 6.36. The summed E-state index contributed by atoms with van der Waals surface area (Å²) in [4.78, 5) is 11.0.